The zero-order valence-corrected chi connectivity index (χ0v) is 26.7. The van der Waals surface area contributed by atoms with Crippen molar-refractivity contribution in [3.63, 3.8) is 0 Å². The summed E-state index contributed by atoms with van der Waals surface area (Å²) >= 11 is 0. The summed E-state index contributed by atoms with van der Waals surface area (Å²) in [5.41, 5.74) is 9.80. The molecule has 0 aliphatic heterocycles. The molecule has 0 aliphatic rings. The van der Waals surface area contributed by atoms with Gasteiger partial charge in [-0.2, -0.15) is 0 Å². The maximum absolute atomic E-state index is 11.3. The van der Waals surface area contributed by atoms with E-state index < -0.39 is 15.6 Å². The van der Waals surface area contributed by atoms with Crippen molar-refractivity contribution in [3.05, 3.63) is 160 Å². The summed E-state index contributed by atoms with van der Waals surface area (Å²) in [6.07, 6.45) is 8.02. The van der Waals surface area contributed by atoms with E-state index in [9.17, 15) is 18.9 Å². The number of hydrogen-bond donors (Lipinski definition) is 3. The molecule has 5 aromatic carbocycles. The van der Waals surface area contributed by atoms with Crippen LogP contribution in [-0.4, -0.2) is 14.7 Å². The normalized spacial score (nSPS) is 12.5. The number of benzene rings is 5. The van der Waals surface area contributed by atoms with Crippen LogP contribution in [0.25, 0.3) is 24.3 Å². The van der Waals surface area contributed by atoms with Crippen LogP contribution >= 0.6 is 15.6 Å². The minimum Gasteiger partial charge on any atom is -0.346 e. The monoisotopic (exact) mass is 635 g/mol. The van der Waals surface area contributed by atoms with E-state index in [0.717, 1.165) is 44.9 Å². The summed E-state index contributed by atoms with van der Waals surface area (Å²) in [7, 11) is -6.61. The minimum atomic E-state index is -4.09. The van der Waals surface area contributed by atoms with E-state index in [4.69, 9.17) is 4.89 Å². The second-order valence-electron chi connectivity index (χ2n) is 10.9. The molecule has 45 heavy (non-hydrogen) atoms. The molecule has 0 fully saturated rings. The van der Waals surface area contributed by atoms with E-state index in [1.54, 1.807) is 12.1 Å². The Labute approximate surface area is 264 Å². The Kier molecular flexibility index (Phi) is 10.5. The molecule has 0 aliphatic carbocycles. The van der Waals surface area contributed by atoms with Gasteiger partial charge in [-0.25, -0.2) is 0 Å². The van der Waals surface area contributed by atoms with Crippen LogP contribution in [0.2, 0.25) is 0 Å². The van der Waals surface area contributed by atoms with Gasteiger partial charge in [-0.1, -0.05) is 115 Å². The first-order chi connectivity index (χ1) is 21.6. The molecule has 0 heterocycles. The van der Waals surface area contributed by atoms with Crippen molar-refractivity contribution in [2.24, 2.45) is 0 Å². The van der Waals surface area contributed by atoms with Gasteiger partial charge in [-0.05, 0) is 76.7 Å². The Morgan fingerprint density at radius 3 is 1.27 bits per heavy atom. The van der Waals surface area contributed by atoms with Gasteiger partial charge in [-0.15, -0.1) is 0 Å². The van der Waals surface area contributed by atoms with Crippen molar-refractivity contribution >= 4 is 57.0 Å². The van der Waals surface area contributed by atoms with Crippen molar-refractivity contribution in [2.75, 3.05) is 4.90 Å². The summed E-state index contributed by atoms with van der Waals surface area (Å²) in [6, 6.07) is 40.0. The summed E-state index contributed by atoms with van der Waals surface area (Å²) < 4.78 is 22.4. The second-order valence-corrected chi connectivity index (χ2v) is 13.7. The molecule has 8 heteroatoms. The fraction of sp³-hybridized carbons (Fsp3) is 0.0811. The predicted octanol–water partition coefficient (Wildman–Crippen LogP) is 9.45. The lowest BCUT2D eigenvalue weighted by atomic mass is 10.1. The highest BCUT2D eigenvalue weighted by Crippen LogP contribution is 2.39. The van der Waals surface area contributed by atoms with Crippen LogP contribution in [0.3, 0.4) is 0 Å². The van der Waals surface area contributed by atoms with Gasteiger partial charge in [0.25, 0.3) is 0 Å². The van der Waals surface area contributed by atoms with E-state index >= 15 is 0 Å². The van der Waals surface area contributed by atoms with Gasteiger partial charge in [0.2, 0.25) is 0 Å². The number of rotatable bonds is 11. The molecule has 1 unspecified atom stereocenters. The van der Waals surface area contributed by atoms with Crippen molar-refractivity contribution in [3.8, 4) is 0 Å². The molecule has 0 saturated heterocycles. The van der Waals surface area contributed by atoms with Crippen molar-refractivity contribution in [1.82, 2.24) is 0 Å². The Balaban J connectivity index is 1.33. The van der Waals surface area contributed by atoms with E-state index in [1.165, 1.54) is 5.56 Å². The molecule has 5 rings (SSSR count). The first-order valence-corrected chi connectivity index (χ1v) is 17.8. The minimum absolute atomic E-state index is 0.202. The first-order valence-electron chi connectivity index (χ1n) is 14.5. The zero-order valence-electron chi connectivity index (χ0n) is 24.8. The Morgan fingerprint density at radius 1 is 0.578 bits per heavy atom. The molecular formula is C37H35NO5P2. The summed E-state index contributed by atoms with van der Waals surface area (Å²) in [5.74, 6) is 0. The van der Waals surface area contributed by atoms with E-state index in [0.29, 0.717) is 5.56 Å². The van der Waals surface area contributed by atoms with E-state index in [1.807, 2.05) is 54.6 Å². The fourth-order valence-corrected chi connectivity index (χ4v) is 6.16. The third-order valence-electron chi connectivity index (χ3n) is 7.23. The highest BCUT2D eigenvalue weighted by Gasteiger charge is 2.14. The van der Waals surface area contributed by atoms with Crippen LogP contribution in [0.1, 0.15) is 38.9 Å². The summed E-state index contributed by atoms with van der Waals surface area (Å²) in [4.78, 5) is 29.8. The Morgan fingerprint density at radius 2 is 0.911 bits per heavy atom. The molecule has 0 radical (unpaired) electrons. The zero-order chi connectivity index (χ0) is 31.8. The summed E-state index contributed by atoms with van der Waals surface area (Å²) in [6.45, 7) is 2.07. The predicted molar refractivity (Wildman–Crippen MR) is 187 cm³/mol. The van der Waals surface area contributed by atoms with Crippen molar-refractivity contribution in [1.29, 1.82) is 0 Å². The number of aryl methyl sites for hydroxylation is 1. The van der Waals surface area contributed by atoms with Crippen LogP contribution in [0, 0.1) is 6.92 Å². The van der Waals surface area contributed by atoms with E-state index in [2.05, 4.69) is 90.7 Å². The topological polar surface area (TPSA) is 98.1 Å². The molecular weight excluding hydrogens is 600 g/mol. The second kappa shape index (κ2) is 14.7. The van der Waals surface area contributed by atoms with Crippen LogP contribution < -0.4 is 4.90 Å². The maximum Gasteiger partial charge on any atom is 0.329 e. The van der Waals surface area contributed by atoms with Gasteiger partial charge >= 0.3 is 7.60 Å². The first kappa shape index (κ1) is 32.1. The van der Waals surface area contributed by atoms with Crippen LogP contribution in [-0.2, 0) is 21.5 Å². The average molecular weight is 636 g/mol. The maximum atomic E-state index is 11.3. The lowest BCUT2D eigenvalue weighted by Gasteiger charge is -2.26. The largest absolute Gasteiger partial charge is 0.346 e. The van der Waals surface area contributed by atoms with Crippen molar-refractivity contribution < 1.29 is 23.8 Å². The average Bonchev–Trinajstić information content (AvgIpc) is 3.02. The van der Waals surface area contributed by atoms with Crippen LogP contribution in [0.15, 0.2) is 121 Å². The molecule has 0 saturated carbocycles. The van der Waals surface area contributed by atoms with Gasteiger partial charge in [0, 0.05) is 23.2 Å². The number of anilines is 3. The molecule has 3 N–H and O–H groups in total. The van der Waals surface area contributed by atoms with Gasteiger partial charge in [0.1, 0.15) is 0 Å². The lowest BCUT2D eigenvalue weighted by molar-refractivity contribution is 0.371. The van der Waals surface area contributed by atoms with Gasteiger partial charge in [0.05, 0.1) is 6.16 Å². The van der Waals surface area contributed by atoms with Crippen LogP contribution in [0.4, 0.5) is 17.1 Å². The molecule has 0 aromatic heterocycles. The third kappa shape index (κ3) is 9.60. The molecule has 0 amide bonds. The standard InChI is InChI=1S/C37H35NO5P2/c1-28-2-20-35(21-3-28)38(36-22-16-31(17-23-36)6-4-29-8-12-33(13-9-29)26-44(39)40)37-24-18-32(19-25-37)7-5-30-10-14-34(15-11-30)27-45(41,42)43/h2-25,44H,26-27H2,1H3,(H,39,40)(H2,41,42,43)/b6-4+,7-5+. The fourth-order valence-electron chi connectivity index (χ4n) is 4.89. The number of hydrogen-bond acceptors (Lipinski definition) is 3. The van der Waals surface area contributed by atoms with Crippen molar-refractivity contribution in [2.45, 2.75) is 19.2 Å². The molecule has 228 valence electrons. The lowest BCUT2D eigenvalue weighted by Crippen LogP contribution is -2.09. The smallest absolute Gasteiger partial charge is 0.329 e. The Hall–Kier alpha value is -4.28. The molecule has 6 nitrogen and oxygen atoms in total. The quantitative estimate of drug-likeness (QED) is 0.0988. The molecule has 0 bridgehead atoms. The molecule has 0 spiro atoms. The SMILES string of the molecule is Cc1ccc(N(c2ccc(/C=C/c3ccc(C[PH](=O)O)cc3)cc2)c2ccc(/C=C/c3ccc(CP(=O)(O)O)cc3)cc2)cc1. The van der Waals surface area contributed by atoms with E-state index in [-0.39, 0.29) is 12.3 Å². The number of nitrogens with zero attached hydrogens (tertiary/aromatic N) is 1. The third-order valence-corrected chi connectivity index (χ3v) is 8.72. The van der Waals surface area contributed by atoms with Gasteiger partial charge in [-0.3, -0.25) is 9.13 Å². The summed E-state index contributed by atoms with van der Waals surface area (Å²) in [5, 5.41) is 0. The molecule has 5 aromatic rings. The highest BCUT2D eigenvalue weighted by molar-refractivity contribution is 7.50. The van der Waals surface area contributed by atoms with Crippen LogP contribution in [0.5, 0.6) is 0 Å². The van der Waals surface area contributed by atoms with Gasteiger partial charge < -0.3 is 19.6 Å². The van der Waals surface area contributed by atoms with Gasteiger partial charge in [0.15, 0.2) is 8.03 Å². The highest BCUT2D eigenvalue weighted by atomic mass is 31.2. The molecule has 1 atom stereocenters. The Bertz CT molecular complexity index is 1840.